The second-order valence-electron chi connectivity index (χ2n) is 6.88. The van der Waals surface area contributed by atoms with Crippen molar-refractivity contribution in [3.8, 4) is 0 Å². The molecule has 3 atom stereocenters. The predicted octanol–water partition coefficient (Wildman–Crippen LogP) is 2.26. The van der Waals surface area contributed by atoms with Gasteiger partial charge >= 0.3 is 0 Å². The third-order valence-corrected chi connectivity index (χ3v) is 5.69. The van der Waals surface area contributed by atoms with Crippen LogP contribution in [0.1, 0.15) is 38.5 Å². The van der Waals surface area contributed by atoms with Gasteiger partial charge in [-0.05, 0) is 50.0 Å². The summed E-state index contributed by atoms with van der Waals surface area (Å²) in [6.45, 7) is 5.16. The fourth-order valence-electron chi connectivity index (χ4n) is 4.89. The van der Waals surface area contributed by atoms with Crippen molar-refractivity contribution in [2.45, 2.75) is 44.3 Å². The summed E-state index contributed by atoms with van der Waals surface area (Å²) in [5.41, 5.74) is 0. The van der Waals surface area contributed by atoms with Crippen molar-refractivity contribution >= 4 is 0 Å². The van der Waals surface area contributed by atoms with E-state index in [-0.39, 0.29) is 5.79 Å². The number of hydrogen-bond acceptors (Lipinski definition) is 3. The van der Waals surface area contributed by atoms with E-state index in [4.69, 9.17) is 9.47 Å². The molecule has 18 heavy (non-hydrogen) atoms. The van der Waals surface area contributed by atoms with Gasteiger partial charge in [-0.25, -0.2) is 0 Å². The minimum Gasteiger partial charge on any atom is -0.346 e. The Kier molecular flexibility index (Phi) is 2.90. The van der Waals surface area contributed by atoms with Gasteiger partial charge in [-0.2, -0.15) is 0 Å². The van der Waals surface area contributed by atoms with Gasteiger partial charge in [0.05, 0.1) is 19.8 Å². The van der Waals surface area contributed by atoms with Crippen LogP contribution in [0.5, 0.6) is 0 Å². The van der Waals surface area contributed by atoms with Gasteiger partial charge in [0, 0.05) is 13.0 Å². The number of nitrogens with zero attached hydrogens (tertiary/aromatic N) is 1. The van der Waals surface area contributed by atoms with E-state index in [0.717, 1.165) is 43.9 Å². The minimum absolute atomic E-state index is 0.226. The molecule has 2 aliphatic carbocycles. The van der Waals surface area contributed by atoms with Crippen LogP contribution in [-0.4, -0.2) is 43.5 Å². The Morgan fingerprint density at radius 1 is 1.11 bits per heavy atom. The lowest BCUT2D eigenvalue weighted by atomic mass is 9.88. The fourth-order valence-corrected chi connectivity index (χ4v) is 4.89. The summed E-state index contributed by atoms with van der Waals surface area (Å²) in [6.07, 6.45) is 8.37. The molecule has 2 saturated carbocycles. The molecule has 2 saturated heterocycles. The number of rotatable bonds is 2. The van der Waals surface area contributed by atoms with Gasteiger partial charge in [-0.3, -0.25) is 4.90 Å². The first-order chi connectivity index (χ1) is 8.83. The van der Waals surface area contributed by atoms with Crippen LogP contribution in [0.3, 0.4) is 0 Å². The molecule has 0 aromatic heterocycles. The van der Waals surface area contributed by atoms with E-state index >= 15 is 0 Å². The molecule has 102 valence electrons. The summed E-state index contributed by atoms with van der Waals surface area (Å²) in [5.74, 6) is 2.85. The smallest absolute Gasteiger partial charge is 0.181 e. The van der Waals surface area contributed by atoms with E-state index in [9.17, 15) is 0 Å². The van der Waals surface area contributed by atoms with Crippen molar-refractivity contribution in [3.63, 3.8) is 0 Å². The second kappa shape index (κ2) is 4.46. The third-order valence-electron chi connectivity index (χ3n) is 5.69. The Morgan fingerprint density at radius 3 is 2.72 bits per heavy atom. The standard InChI is InChI=1S/C15H25NO2/c1-4-15(17-6-7-18-15)11-16(5-1)10-14-9-12-2-3-13(14)8-12/h12-14H,1-11H2. The normalized spacial score (nSPS) is 43.0. The van der Waals surface area contributed by atoms with Crippen LogP contribution in [0, 0.1) is 17.8 Å². The highest BCUT2D eigenvalue weighted by atomic mass is 16.7. The first kappa shape index (κ1) is 11.7. The number of ether oxygens (including phenoxy) is 2. The number of fused-ring (bicyclic) bond motifs is 2. The van der Waals surface area contributed by atoms with Gasteiger partial charge in [0.25, 0.3) is 0 Å². The van der Waals surface area contributed by atoms with Gasteiger partial charge in [0.15, 0.2) is 5.79 Å². The Labute approximate surface area is 110 Å². The first-order valence-electron chi connectivity index (χ1n) is 7.83. The van der Waals surface area contributed by atoms with E-state index < -0.39 is 0 Å². The molecule has 3 nitrogen and oxygen atoms in total. The van der Waals surface area contributed by atoms with Gasteiger partial charge < -0.3 is 9.47 Å². The van der Waals surface area contributed by atoms with E-state index in [2.05, 4.69) is 4.90 Å². The van der Waals surface area contributed by atoms with Crippen LogP contribution in [-0.2, 0) is 9.47 Å². The highest BCUT2D eigenvalue weighted by Gasteiger charge is 2.44. The van der Waals surface area contributed by atoms with E-state index in [1.54, 1.807) is 0 Å². The largest absolute Gasteiger partial charge is 0.346 e. The zero-order valence-electron chi connectivity index (χ0n) is 11.3. The summed E-state index contributed by atoms with van der Waals surface area (Å²) < 4.78 is 11.7. The maximum absolute atomic E-state index is 5.87. The Hall–Kier alpha value is -0.120. The molecule has 2 bridgehead atoms. The summed E-state index contributed by atoms with van der Waals surface area (Å²) in [4.78, 5) is 2.63. The van der Waals surface area contributed by atoms with Gasteiger partial charge in [0.1, 0.15) is 0 Å². The van der Waals surface area contributed by atoms with E-state index in [1.165, 1.54) is 45.2 Å². The molecule has 0 N–H and O–H groups in total. The lowest BCUT2D eigenvalue weighted by molar-refractivity contribution is -0.190. The first-order valence-corrected chi connectivity index (χ1v) is 7.83. The molecular weight excluding hydrogens is 226 g/mol. The van der Waals surface area contributed by atoms with Crippen molar-refractivity contribution in [2.24, 2.45) is 17.8 Å². The van der Waals surface area contributed by atoms with Crippen molar-refractivity contribution in [1.29, 1.82) is 0 Å². The van der Waals surface area contributed by atoms with Crippen molar-refractivity contribution in [2.75, 3.05) is 32.8 Å². The monoisotopic (exact) mass is 251 g/mol. The van der Waals surface area contributed by atoms with Crippen molar-refractivity contribution < 1.29 is 9.47 Å². The molecule has 4 aliphatic rings. The average molecular weight is 251 g/mol. The van der Waals surface area contributed by atoms with Crippen molar-refractivity contribution in [1.82, 2.24) is 4.90 Å². The summed E-state index contributed by atoms with van der Waals surface area (Å²) >= 11 is 0. The molecule has 0 radical (unpaired) electrons. The van der Waals surface area contributed by atoms with Gasteiger partial charge in [-0.15, -0.1) is 0 Å². The molecular formula is C15H25NO2. The second-order valence-corrected chi connectivity index (χ2v) is 6.88. The quantitative estimate of drug-likeness (QED) is 0.751. The minimum atomic E-state index is -0.226. The van der Waals surface area contributed by atoms with Gasteiger partial charge in [-0.1, -0.05) is 6.42 Å². The summed E-state index contributed by atoms with van der Waals surface area (Å²) in [5, 5.41) is 0. The zero-order chi connectivity index (χ0) is 12.0. The third kappa shape index (κ3) is 2.00. The Morgan fingerprint density at radius 2 is 2.00 bits per heavy atom. The highest BCUT2D eigenvalue weighted by Crippen LogP contribution is 2.48. The highest BCUT2D eigenvalue weighted by molar-refractivity contribution is 4.93. The fraction of sp³-hybridized carbons (Fsp3) is 1.00. The van der Waals surface area contributed by atoms with Crippen molar-refractivity contribution in [3.05, 3.63) is 0 Å². The van der Waals surface area contributed by atoms with Crippen LogP contribution in [0.4, 0.5) is 0 Å². The molecule has 3 unspecified atom stereocenters. The van der Waals surface area contributed by atoms with E-state index in [1.807, 2.05) is 0 Å². The van der Waals surface area contributed by atoms with Crippen LogP contribution in [0.25, 0.3) is 0 Å². The van der Waals surface area contributed by atoms with Gasteiger partial charge in [0.2, 0.25) is 0 Å². The Bertz CT molecular complexity index is 314. The number of likely N-dealkylation sites (tertiary alicyclic amines) is 1. The molecule has 0 aromatic rings. The van der Waals surface area contributed by atoms with Crippen LogP contribution < -0.4 is 0 Å². The lowest BCUT2D eigenvalue weighted by Gasteiger charge is -2.40. The molecule has 1 spiro atoms. The maximum Gasteiger partial charge on any atom is 0.181 e. The average Bonchev–Trinajstić information content (AvgIpc) is 3.06. The molecule has 3 heteroatoms. The van der Waals surface area contributed by atoms with Crippen LogP contribution >= 0.6 is 0 Å². The molecule has 0 amide bonds. The molecule has 2 heterocycles. The summed E-state index contributed by atoms with van der Waals surface area (Å²) in [7, 11) is 0. The SMILES string of the molecule is C1CN(CC2CC3CCC2C3)CC2(C1)OCCO2. The maximum atomic E-state index is 5.87. The molecule has 4 fully saturated rings. The van der Waals surface area contributed by atoms with E-state index in [0.29, 0.717) is 0 Å². The molecule has 2 aliphatic heterocycles. The van der Waals surface area contributed by atoms with Crippen LogP contribution in [0.15, 0.2) is 0 Å². The zero-order valence-corrected chi connectivity index (χ0v) is 11.3. The number of piperidine rings is 1. The van der Waals surface area contributed by atoms with Crippen LogP contribution in [0.2, 0.25) is 0 Å². The topological polar surface area (TPSA) is 21.7 Å². The predicted molar refractivity (Wildman–Crippen MR) is 69.2 cm³/mol. The molecule has 4 rings (SSSR count). The number of hydrogen-bond donors (Lipinski definition) is 0. The summed E-state index contributed by atoms with van der Waals surface area (Å²) in [6, 6.07) is 0. The lowest BCUT2D eigenvalue weighted by Crippen LogP contribution is -2.50. The molecule has 0 aromatic carbocycles. The Balaban J connectivity index is 1.37.